The Labute approximate surface area is 79.7 Å². The molecule has 0 amide bonds. The summed E-state index contributed by atoms with van der Waals surface area (Å²) in [5, 5.41) is 9.37. The number of carbonyl (C=O) groups is 1. The van der Waals surface area contributed by atoms with Crippen molar-refractivity contribution in [2.45, 2.75) is 25.3 Å². The second-order valence-electron chi connectivity index (χ2n) is 2.90. The highest BCUT2D eigenvalue weighted by Gasteiger charge is 2.37. The molecule has 8 nitrogen and oxygen atoms in total. The monoisotopic (exact) mass is 202 g/mol. The second-order valence-corrected chi connectivity index (χ2v) is 2.90. The van der Waals surface area contributed by atoms with Gasteiger partial charge in [-0.15, -0.1) is 0 Å². The Bertz CT molecular complexity index is 279. The molecule has 1 aliphatic heterocycles. The number of nitrogens with two attached hydrogens (primary N) is 2. The Balaban J connectivity index is 2.58. The number of nitroso groups, excluding NO2 is 1. The lowest BCUT2D eigenvalue weighted by Gasteiger charge is -2.20. The lowest BCUT2D eigenvalue weighted by Crippen LogP contribution is -2.57. The smallest absolute Gasteiger partial charge is 0.349 e. The zero-order chi connectivity index (χ0) is 10.7. The van der Waals surface area contributed by atoms with Crippen molar-refractivity contribution >= 4 is 12.3 Å². The molecule has 8 heteroatoms. The summed E-state index contributed by atoms with van der Waals surface area (Å²) in [6.07, 6.45) is -0.548. The Kier molecular flexibility index (Phi) is 3.10. The Morgan fingerprint density at radius 1 is 1.71 bits per heavy atom. The summed E-state index contributed by atoms with van der Waals surface area (Å²) in [6, 6.07) is 0. The fourth-order valence-corrected chi connectivity index (χ4v) is 1.05. The fourth-order valence-electron chi connectivity index (χ4n) is 1.05. The normalized spacial score (nSPS) is 26.7. The number of aliphatic carboxylic acids is 1. The molecule has 0 saturated carbocycles. The maximum atomic E-state index is 11.3. The minimum Gasteiger partial charge on any atom is -0.481 e. The molecule has 0 spiro atoms. The van der Waals surface area contributed by atoms with E-state index in [0.717, 1.165) is 5.01 Å². The number of hydrogen-bond donors (Lipinski definition) is 3. The second kappa shape index (κ2) is 4.11. The lowest BCUT2D eigenvalue weighted by atomic mass is 10.2. The zero-order valence-corrected chi connectivity index (χ0v) is 7.41. The van der Waals surface area contributed by atoms with Crippen LogP contribution in [-0.2, 0) is 4.79 Å². The van der Waals surface area contributed by atoms with Crippen LogP contribution in [0, 0.1) is 4.91 Å². The first-order chi connectivity index (χ1) is 6.52. The maximum Gasteiger partial charge on any atom is 0.349 e. The number of carboxylic acid groups (broad SMARTS) is 1. The molecule has 0 aromatic carbocycles. The number of rotatable bonds is 3. The van der Waals surface area contributed by atoms with Crippen LogP contribution in [0.3, 0.4) is 0 Å². The van der Waals surface area contributed by atoms with E-state index in [1.807, 2.05) is 0 Å². The summed E-state index contributed by atoms with van der Waals surface area (Å²) >= 11 is 0. The van der Waals surface area contributed by atoms with E-state index in [2.05, 4.69) is 4.99 Å². The van der Waals surface area contributed by atoms with Gasteiger partial charge in [-0.25, -0.2) is 21.6 Å². The lowest BCUT2D eigenvalue weighted by molar-refractivity contribution is -0.641. The predicted molar refractivity (Wildman–Crippen MR) is 46.8 cm³/mol. The third-order valence-electron chi connectivity index (χ3n) is 1.85. The molecule has 1 heterocycles. The Hall–Kier alpha value is -1.54. The minimum absolute atomic E-state index is 0.122. The van der Waals surface area contributed by atoms with Gasteiger partial charge in [-0.05, 0) is 0 Å². The first-order valence-corrected chi connectivity index (χ1v) is 4.01. The molecule has 0 radical (unpaired) electrons. The van der Waals surface area contributed by atoms with Gasteiger partial charge in [-0.3, -0.25) is 4.79 Å². The van der Waals surface area contributed by atoms with Gasteiger partial charge in [0.25, 0.3) is 6.17 Å². The van der Waals surface area contributed by atoms with E-state index in [0.29, 0.717) is 4.76 Å². The van der Waals surface area contributed by atoms with E-state index in [1.165, 1.54) is 6.34 Å². The summed E-state index contributed by atoms with van der Waals surface area (Å²) in [5.74, 6) is 4.31. The summed E-state index contributed by atoms with van der Waals surface area (Å²) < 4.78 is 0.475. The molecule has 2 atom stereocenters. The molecule has 1 rings (SSSR count). The van der Waals surface area contributed by atoms with Crippen molar-refractivity contribution in [3.8, 4) is 0 Å². The predicted octanol–water partition coefficient (Wildman–Crippen LogP) is -1.58. The minimum atomic E-state index is -1.01. The fraction of sp³-hybridized carbons (Fsp3) is 0.667. The van der Waals surface area contributed by atoms with E-state index < -0.39 is 18.4 Å². The molecular weight excluding hydrogens is 190 g/mol. The van der Waals surface area contributed by atoms with Gasteiger partial charge in [0.15, 0.2) is 0 Å². The first kappa shape index (κ1) is 10.5. The molecule has 0 aromatic rings. The standard InChI is InChI=1S/C6H11N5O3/c7-6-10(8)3-9-4(11(6)14)1-2-5(12)13/h3-4,6H,1-2,7-8H2/p+1. The highest BCUT2D eigenvalue weighted by Crippen LogP contribution is 2.09. The number of aliphatic imine (C=N–C) groups is 1. The van der Waals surface area contributed by atoms with Crippen molar-refractivity contribution < 1.29 is 14.7 Å². The van der Waals surface area contributed by atoms with Crippen molar-refractivity contribution in [3.63, 3.8) is 0 Å². The van der Waals surface area contributed by atoms with Crippen molar-refractivity contribution in [3.05, 3.63) is 4.91 Å². The summed E-state index contributed by atoms with van der Waals surface area (Å²) in [7, 11) is 0. The topological polar surface area (TPSA) is 125 Å². The number of nitrogens with zero attached hydrogens (tertiary/aromatic N) is 3. The van der Waals surface area contributed by atoms with Gasteiger partial charge < -0.3 is 5.11 Å². The number of hydrogen-bond acceptors (Lipinski definition) is 6. The zero-order valence-electron chi connectivity index (χ0n) is 7.41. The first-order valence-electron chi connectivity index (χ1n) is 4.01. The highest BCUT2D eigenvalue weighted by molar-refractivity contribution is 5.66. The van der Waals surface area contributed by atoms with Gasteiger partial charge in [0.1, 0.15) is 6.34 Å². The van der Waals surface area contributed by atoms with Gasteiger partial charge in [0.2, 0.25) is 0 Å². The van der Waals surface area contributed by atoms with E-state index in [4.69, 9.17) is 16.7 Å². The molecule has 0 saturated heterocycles. The quantitative estimate of drug-likeness (QED) is 0.374. The molecule has 0 aliphatic carbocycles. The van der Waals surface area contributed by atoms with Crippen LogP contribution in [0.15, 0.2) is 4.99 Å². The van der Waals surface area contributed by atoms with Crippen LogP contribution in [0.25, 0.3) is 0 Å². The van der Waals surface area contributed by atoms with Crippen LogP contribution < -0.4 is 11.6 Å². The van der Waals surface area contributed by atoms with Gasteiger partial charge in [0.05, 0.1) is 11.2 Å². The average molecular weight is 202 g/mol. The summed E-state index contributed by atoms with van der Waals surface area (Å²) in [5.41, 5.74) is 5.39. The van der Waals surface area contributed by atoms with Crippen molar-refractivity contribution in [2.75, 3.05) is 0 Å². The molecule has 0 bridgehead atoms. The van der Waals surface area contributed by atoms with Crippen molar-refractivity contribution in [1.29, 1.82) is 0 Å². The van der Waals surface area contributed by atoms with E-state index in [1.54, 1.807) is 0 Å². The average Bonchev–Trinajstić information content (AvgIpc) is 2.13. The molecule has 0 fully saturated rings. The van der Waals surface area contributed by atoms with Crippen LogP contribution in [0.1, 0.15) is 12.8 Å². The largest absolute Gasteiger partial charge is 0.481 e. The van der Waals surface area contributed by atoms with Crippen LogP contribution in [0.4, 0.5) is 0 Å². The van der Waals surface area contributed by atoms with E-state index >= 15 is 0 Å². The third-order valence-corrected chi connectivity index (χ3v) is 1.85. The van der Waals surface area contributed by atoms with Crippen LogP contribution >= 0.6 is 0 Å². The molecule has 14 heavy (non-hydrogen) atoms. The highest BCUT2D eigenvalue weighted by atomic mass is 16.4. The van der Waals surface area contributed by atoms with Crippen molar-refractivity contribution in [2.24, 2.45) is 16.6 Å². The maximum absolute atomic E-state index is 11.3. The van der Waals surface area contributed by atoms with E-state index in [9.17, 15) is 9.70 Å². The van der Waals surface area contributed by atoms with Gasteiger partial charge in [0, 0.05) is 11.3 Å². The van der Waals surface area contributed by atoms with Gasteiger partial charge in [-0.1, -0.05) is 0 Å². The summed E-state index contributed by atoms with van der Waals surface area (Å²) in [6.45, 7) is 0. The van der Waals surface area contributed by atoms with Crippen molar-refractivity contribution in [1.82, 2.24) is 5.01 Å². The van der Waals surface area contributed by atoms with Crippen LogP contribution in [0.5, 0.6) is 0 Å². The molecule has 5 N–H and O–H groups in total. The Morgan fingerprint density at radius 3 is 2.93 bits per heavy atom. The van der Waals surface area contributed by atoms with Crippen LogP contribution in [-0.4, -0.2) is 39.6 Å². The number of hydrazine groups is 1. The molecule has 0 aromatic heterocycles. The molecule has 1 aliphatic rings. The van der Waals surface area contributed by atoms with Crippen LogP contribution in [0.2, 0.25) is 0 Å². The Morgan fingerprint density at radius 2 is 2.36 bits per heavy atom. The molecular formula is C6H12N5O3+. The summed E-state index contributed by atoms with van der Waals surface area (Å²) in [4.78, 5) is 25.3. The van der Waals surface area contributed by atoms with E-state index in [-0.39, 0.29) is 12.8 Å². The third kappa shape index (κ3) is 2.24. The van der Waals surface area contributed by atoms with Gasteiger partial charge in [-0.2, -0.15) is 0 Å². The SMILES string of the molecule is NC1N(N)C=NC(CCC(=O)O)[N+]1=O. The molecule has 78 valence electrons. The van der Waals surface area contributed by atoms with Gasteiger partial charge >= 0.3 is 12.3 Å². The molecule has 2 unspecified atom stereocenters. The number of carboxylic acids is 1.